The molecule has 1 N–H and O–H groups in total. The molecule has 0 amide bonds. The molecule has 3 rings (SSSR count). The molecule has 2 aromatic rings. The summed E-state index contributed by atoms with van der Waals surface area (Å²) in [6, 6.07) is 3.71. The lowest BCUT2D eigenvalue weighted by atomic mass is 10.1. The molecule has 1 fully saturated rings. The summed E-state index contributed by atoms with van der Waals surface area (Å²) in [4.78, 5) is 10.5. The highest BCUT2D eigenvalue weighted by atomic mass is 79.9. The van der Waals surface area contributed by atoms with Crippen LogP contribution in [0.1, 0.15) is 17.5 Å². The van der Waals surface area contributed by atoms with Gasteiger partial charge < -0.3 is 10.2 Å². The molecular formula is C16H16BrCl2F3N4. The second-order valence-electron chi connectivity index (χ2n) is 5.81. The van der Waals surface area contributed by atoms with Crippen LogP contribution in [0.25, 0.3) is 0 Å². The maximum Gasteiger partial charge on any atom is 0.416 e. The molecule has 1 atom stereocenters. The van der Waals surface area contributed by atoms with E-state index in [1.807, 2.05) is 4.90 Å². The van der Waals surface area contributed by atoms with Gasteiger partial charge in [-0.25, -0.2) is 9.97 Å². The lowest BCUT2D eigenvalue weighted by molar-refractivity contribution is -0.138. The fourth-order valence-electron chi connectivity index (χ4n) is 2.82. The third kappa shape index (κ3) is 5.22. The number of hydrogen-bond acceptors (Lipinski definition) is 4. The van der Waals surface area contributed by atoms with E-state index in [1.165, 1.54) is 12.1 Å². The summed E-state index contributed by atoms with van der Waals surface area (Å²) in [5.41, 5.74) is -0.506. The van der Waals surface area contributed by atoms with E-state index < -0.39 is 11.7 Å². The molecule has 1 saturated heterocycles. The average Bonchev–Trinajstić information content (AvgIpc) is 3.01. The van der Waals surface area contributed by atoms with E-state index in [9.17, 15) is 13.2 Å². The highest BCUT2D eigenvalue weighted by Gasteiger charge is 2.33. The van der Waals surface area contributed by atoms with Crippen molar-refractivity contribution in [2.24, 2.45) is 0 Å². The van der Waals surface area contributed by atoms with Gasteiger partial charge in [0.2, 0.25) is 5.95 Å². The zero-order chi connectivity index (χ0) is 18.0. The Labute approximate surface area is 168 Å². The van der Waals surface area contributed by atoms with Crippen molar-refractivity contribution in [3.8, 4) is 0 Å². The Morgan fingerprint density at radius 2 is 1.96 bits per heavy atom. The number of aromatic nitrogens is 2. The number of nitrogens with zero attached hydrogens (tertiary/aromatic N) is 3. The Morgan fingerprint density at radius 3 is 2.62 bits per heavy atom. The van der Waals surface area contributed by atoms with Gasteiger partial charge in [0.15, 0.2) is 0 Å². The number of hydrogen-bond donors (Lipinski definition) is 1. The molecule has 142 valence electrons. The molecule has 0 saturated carbocycles. The van der Waals surface area contributed by atoms with Crippen LogP contribution >= 0.6 is 39.9 Å². The Morgan fingerprint density at radius 1 is 1.27 bits per heavy atom. The molecule has 1 aromatic heterocycles. The van der Waals surface area contributed by atoms with Crippen LogP contribution < -0.4 is 10.2 Å². The van der Waals surface area contributed by atoms with Crippen LogP contribution in [0.3, 0.4) is 0 Å². The van der Waals surface area contributed by atoms with Gasteiger partial charge in [-0.1, -0.05) is 11.6 Å². The minimum Gasteiger partial charge on any atom is -0.339 e. The summed E-state index contributed by atoms with van der Waals surface area (Å²) in [6.07, 6.45) is -0.245. The molecule has 4 nitrogen and oxygen atoms in total. The summed E-state index contributed by atoms with van der Waals surface area (Å²) in [5.74, 6) is 0.617. The van der Waals surface area contributed by atoms with E-state index in [2.05, 4.69) is 31.2 Å². The van der Waals surface area contributed by atoms with Crippen LogP contribution in [0.5, 0.6) is 0 Å². The normalized spacial score (nSPS) is 17.3. The Bertz CT molecular complexity index is 743. The molecule has 0 radical (unpaired) electrons. The van der Waals surface area contributed by atoms with Gasteiger partial charge in [-0.3, -0.25) is 0 Å². The van der Waals surface area contributed by atoms with Crippen molar-refractivity contribution in [2.75, 3.05) is 18.0 Å². The first-order chi connectivity index (χ1) is 11.8. The number of rotatable bonds is 4. The zero-order valence-corrected chi connectivity index (χ0v) is 16.6. The average molecular weight is 472 g/mol. The van der Waals surface area contributed by atoms with Crippen LogP contribution in [0, 0.1) is 0 Å². The van der Waals surface area contributed by atoms with Crippen molar-refractivity contribution in [3.05, 3.63) is 51.2 Å². The maximum absolute atomic E-state index is 13.1. The molecule has 0 aliphatic carbocycles. The first kappa shape index (κ1) is 21.2. The number of nitrogens with one attached hydrogen (secondary N) is 1. The predicted octanol–water partition coefficient (Wildman–Crippen LogP) is 4.70. The molecule has 1 aromatic carbocycles. The second-order valence-corrected chi connectivity index (χ2v) is 7.17. The molecule has 1 aliphatic rings. The van der Waals surface area contributed by atoms with Gasteiger partial charge in [0.1, 0.15) is 0 Å². The molecule has 10 heteroatoms. The van der Waals surface area contributed by atoms with E-state index in [-0.39, 0.29) is 30.6 Å². The second kappa shape index (κ2) is 8.73. The van der Waals surface area contributed by atoms with Gasteiger partial charge in [0, 0.05) is 43.1 Å². The van der Waals surface area contributed by atoms with Crippen molar-refractivity contribution >= 4 is 45.9 Å². The van der Waals surface area contributed by atoms with E-state index in [0.717, 1.165) is 23.5 Å². The van der Waals surface area contributed by atoms with Crippen LogP contribution in [0.2, 0.25) is 5.02 Å². The standard InChI is InChI=1S/C16H15BrClF3N4.ClH/c17-11-7-23-15(24-8-11)25-4-3-13(9-25)22-6-10-5-12(18)1-2-14(10)16(19,20)21;/h1-2,5,7-8,13,22H,3-4,6,9H2;1H. The number of halogens is 6. The fraction of sp³-hybridized carbons (Fsp3) is 0.375. The topological polar surface area (TPSA) is 41.0 Å². The SMILES string of the molecule is Cl.FC(F)(F)c1ccc(Cl)cc1CNC1CCN(c2ncc(Br)cn2)C1. The predicted molar refractivity (Wildman–Crippen MR) is 101 cm³/mol. The van der Waals surface area contributed by atoms with E-state index >= 15 is 0 Å². The highest BCUT2D eigenvalue weighted by molar-refractivity contribution is 9.10. The lowest BCUT2D eigenvalue weighted by Crippen LogP contribution is -2.33. The molecule has 2 heterocycles. The van der Waals surface area contributed by atoms with Crippen LogP contribution in [-0.2, 0) is 12.7 Å². The monoisotopic (exact) mass is 470 g/mol. The fourth-order valence-corrected chi connectivity index (χ4v) is 3.22. The molecule has 1 aliphatic heterocycles. The van der Waals surface area contributed by atoms with Crippen molar-refractivity contribution < 1.29 is 13.2 Å². The molecule has 1 unspecified atom stereocenters. The summed E-state index contributed by atoms with van der Waals surface area (Å²) in [7, 11) is 0. The van der Waals surface area contributed by atoms with Crippen molar-refractivity contribution in [1.29, 1.82) is 0 Å². The first-order valence-corrected chi connectivity index (χ1v) is 8.81. The molecule has 26 heavy (non-hydrogen) atoms. The maximum atomic E-state index is 13.1. The summed E-state index contributed by atoms with van der Waals surface area (Å²) >= 11 is 9.14. The van der Waals surface area contributed by atoms with Crippen molar-refractivity contribution in [2.45, 2.75) is 25.2 Å². The minimum absolute atomic E-state index is 0. The van der Waals surface area contributed by atoms with Gasteiger partial charge in [-0.2, -0.15) is 13.2 Å². The minimum atomic E-state index is -4.39. The summed E-state index contributed by atoms with van der Waals surface area (Å²) < 4.78 is 40.1. The Balaban J connectivity index is 0.00000243. The number of anilines is 1. The van der Waals surface area contributed by atoms with Gasteiger partial charge in [-0.15, -0.1) is 12.4 Å². The van der Waals surface area contributed by atoms with Gasteiger partial charge in [-0.05, 0) is 46.1 Å². The van der Waals surface area contributed by atoms with Gasteiger partial charge >= 0.3 is 6.18 Å². The van der Waals surface area contributed by atoms with E-state index in [0.29, 0.717) is 17.5 Å². The largest absolute Gasteiger partial charge is 0.416 e. The van der Waals surface area contributed by atoms with Crippen LogP contribution in [-0.4, -0.2) is 29.1 Å². The Kier molecular flexibility index (Phi) is 7.12. The first-order valence-electron chi connectivity index (χ1n) is 7.64. The third-order valence-corrected chi connectivity index (χ3v) is 4.68. The van der Waals surface area contributed by atoms with Crippen molar-refractivity contribution in [1.82, 2.24) is 15.3 Å². The quantitative estimate of drug-likeness (QED) is 0.701. The highest BCUT2D eigenvalue weighted by Crippen LogP contribution is 2.33. The number of benzene rings is 1. The zero-order valence-electron chi connectivity index (χ0n) is 13.4. The van der Waals surface area contributed by atoms with E-state index in [1.54, 1.807) is 12.4 Å². The van der Waals surface area contributed by atoms with Crippen LogP contribution in [0.4, 0.5) is 19.1 Å². The van der Waals surface area contributed by atoms with E-state index in [4.69, 9.17) is 11.6 Å². The summed E-state index contributed by atoms with van der Waals surface area (Å²) in [5, 5.41) is 3.48. The molecule has 0 bridgehead atoms. The van der Waals surface area contributed by atoms with Gasteiger partial charge in [0.05, 0.1) is 10.0 Å². The molecule has 0 spiro atoms. The summed E-state index contributed by atoms with van der Waals surface area (Å²) in [6.45, 7) is 1.50. The molecular weight excluding hydrogens is 456 g/mol. The van der Waals surface area contributed by atoms with Crippen molar-refractivity contribution in [3.63, 3.8) is 0 Å². The Hall–Kier alpha value is -1.09. The number of alkyl halides is 3. The van der Waals surface area contributed by atoms with Gasteiger partial charge in [0.25, 0.3) is 0 Å². The third-order valence-electron chi connectivity index (χ3n) is 4.03. The smallest absolute Gasteiger partial charge is 0.339 e. The lowest BCUT2D eigenvalue weighted by Gasteiger charge is -2.18. The van der Waals surface area contributed by atoms with Crippen LogP contribution in [0.15, 0.2) is 35.1 Å².